The highest BCUT2D eigenvalue weighted by Gasteiger charge is 2.23. The molecule has 2 rings (SSSR count). The van der Waals surface area contributed by atoms with E-state index in [1.165, 1.54) is 0 Å². The second-order valence-corrected chi connectivity index (χ2v) is 6.50. The predicted molar refractivity (Wildman–Crippen MR) is 92.5 cm³/mol. The topological polar surface area (TPSA) is 93.5 Å². The van der Waals surface area contributed by atoms with Crippen molar-refractivity contribution in [2.75, 3.05) is 6.61 Å². The van der Waals surface area contributed by atoms with E-state index in [1.807, 2.05) is 38.1 Å². The number of benzene rings is 1. The van der Waals surface area contributed by atoms with E-state index in [2.05, 4.69) is 10.6 Å². The number of hydrogen-bond acceptors (Lipinski definition) is 4. The molecule has 0 heterocycles. The maximum atomic E-state index is 11.8. The van der Waals surface area contributed by atoms with Crippen molar-refractivity contribution in [1.29, 1.82) is 0 Å². The Balaban J connectivity index is 1.75. The molecule has 2 atom stereocenters. The minimum absolute atomic E-state index is 0.00289. The third kappa shape index (κ3) is 6.58. The summed E-state index contributed by atoms with van der Waals surface area (Å²) >= 11 is 0. The first-order valence-electron chi connectivity index (χ1n) is 8.51. The molecular formula is C18H27N3O3. The van der Waals surface area contributed by atoms with E-state index < -0.39 is 0 Å². The highest BCUT2D eigenvalue weighted by atomic mass is 16.5. The second-order valence-electron chi connectivity index (χ2n) is 6.50. The van der Waals surface area contributed by atoms with Gasteiger partial charge in [0.25, 0.3) is 5.91 Å². The molecule has 24 heavy (non-hydrogen) atoms. The van der Waals surface area contributed by atoms with Crippen LogP contribution in [-0.4, -0.2) is 30.5 Å². The molecule has 6 heteroatoms. The fourth-order valence-electron chi connectivity index (χ4n) is 2.25. The summed E-state index contributed by atoms with van der Waals surface area (Å²) in [5.74, 6) is 0.549. The molecule has 0 radical (unpaired) electrons. The zero-order valence-corrected chi connectivity index (χ0v) is 14.4. The molecule has 0 aliphatic heterocycles. The molecule has 0 aromatic heterocycles. The monoisotopic (exact) mass is 333 g/mol. The SMILES string of the molecule is CC(N)CCC(=O)NC(C)c1ccc(OCC(=O)NC2CC2)cc1. The Bertz CT molecular complexity index is 553. The minimum atomic E-state index is -0.0867. The van der Waals surface area contributed by atoms with Crippen LogP contribution in [0.4, 0.5) is 0 Å². The van der Waals surface area contributed by atoms with Gasteiger partial charge >= 0.3 is 0 Å². The van der Waals surface area contributed by atoms with Crippen molar-refractivity contribution in [2.45, 2.75) is 57.7 Å². The van der Waals surface area contributed by atoms with Gasteiger partial charge in [-0.05, 0) is 50.8 Å². The first-order chi connectivity index (χ1) is 11.4. The van der Waals surface area contributed by atoms with Crippen LogP contribution < -0.4 is 21.1 Å². The lowest BCUT2D eigenvalue weighted by atomic mass is 10.1. The number of carbonyl (C=O) groups is 2. The van der Waals surface area contributed by atoms with Crippen LogP contribution in [0.15, 0.2) is 24.3 Å². The molecule has 2 unspecified atom stereocenters. The lowest BCUT2D eigenvalue weighted by Crippen LogP contribution is -2.30. The third-order valence-electron chi connectivity index (χ3n) is 3.90. The standard InChI is InChI=1S/C18H27N3O3/c1-12(19)3-10-17(22)20-13(2)14-4-8-16(9-5-14)24-11-18(23)21-15-6-7-15/h4-5,8-9,12-13,15H,3,6-7,10-11,19H2,1-2H3,(H,20,22)(H,21,23). The molecule has 0 bridgehead atoms. The number of hydrogen-bond donors (Lipinski definition) is 3. The molecule has 1 aliphatic rings. The van der Waals surface area contributed by atoms with Gasteiger partial charge in [-0.25, -0.2) is 0 Å². The molecule has 4 N–H and O–H groups in total. The smallest absolute Gasteiger partial charge is 0.258 e. The Morgan fingerprint density at radius 3 is 2.46 bits per heavy atom. The van der Waals surface area contributed by atoms with Crippen LogP contribution in [0.2, 0.25) is 0 Å². The molecule has 1 saturated carbocycles. The third-order valence-corrected chi connectivity index (χ3v) is 3.90. The molecule has 132 valence electrons. The van der Waals surface area contributed by atoms with Crippen LogP contribution in [-0.2, 0) is 9.59 Å². The van der Waals surface area contributed by atoms with Crippen LogP contribution in [0.25, 0.3) is 0 Å². The summed E-state index contributed by atoms with van der Waals surface area (Å²) in [5, 5.41) is 5.83. The largest absolute Gasteiger partial charge is 0.484 e. The van der Waals surface area contributed by atoms with Gasteiger partial charge in [0.1, 0.15) is 5.75 Å². The molecule has 0 spiro atoms. The summed E-state index contributed by atoms with van der Waals surface area (Å²) in [4.78, 5) is 23.4. The van der Waals surface area contributed by atoms with E-state index in [4.69, 9.17) is 10.5 Å². The first kappa shape index (κ1) is 18.3. The van der Waals surface area contributed by atoms with Crippen LogP contribution >= 0.6 is 0 Å². The average molecular weight is 333 g/mol. The van der Waals surface area contributed by atoms with Crippen molar-refractivity contribution in [3.8, 4) is 5.75 Å². The Kier molecular flexibility index (Phi) is 6.61. The van der Waals surface area contributed by atoms with Crippen molar-refractivity contribution in [1.82, 2.24) is 10.6 Å². The van der Waals surface area contributed by atoms with Gasteiger partial charge < -0.3 is 21.1 Å². The van der Waals surface area contributed by atoms with Gasteiger partial charge in [-0.15, -0.1) is 0 Å². The highest BCUT2D eigenvalue weighted by molar-refractivity contribution is 5.78. The number of amides is 2. The summed E-state index contributed by atoms with van der Waals surface area (Å²) in [6.07, 6.45) is 3.23. The Hall–Kier alpha value is -2.08. The normalized spacial score (nSPS) is 16.1. The van der Waals surface area contributed by atoms with Gasteiger partial charge in [-0.1, -0.05) is 12.1 Å². The summed E-state index contributed by atoms with van der Waals surface area (Å²) in [5.41, 5.74) is 6.64. The number of rotatable bonds is 9. The van der Waals surface area contributed by atoms with Crippen molar-refractivity contribution in [2.24, 2.45) is 5.73 Å². The Labute approximate surface area is 143 Å². The molecular weight excluding hydrogens is 306 g/mol. The summed E-state index contributed by atoms with van der Waals surface area (Å²) in [6.45, 7) is 3.85. The summed E-state index contributed by atoms with van der Waals surface area (Å²) < 4.78 is 5.46. The zero-order chi connectivity index (χ0) is 17.5. The van der Waals surface area contributed by atoms with Crippen LogP contribution in [0.3, 0.4) is 0 Å². The lowest BCUT2D eigenvalue weighted by Gasteiger charge is -2.15. The van der Waals surface area contributed by atoms with Gasteiger partial charge in [0.05, 0.1) is 6.04 Å². The van der Waals surface area contributed by atoms with Crippen molar-refractivity contribution in [3.05, 3.63) is 29.8 Å². The van der Waals surface area contributed by atoms with Gasteiger partial charge in [-0.3, -0.25) is 9.59 Å². The maximum Gasteiger partial charge on any atom is 0.258 e. The molecule has 0 saturated heterocycles. The van der Waals surface area contributed by atoms with E-state index in [0.29, 0.717) is 24.6 Å². The average Bonchev–Trinajstić information content (AvgIpc) is 3.35. The van der Waals surface area contributed by atoms with E-state index >= 15 is 0 Å². The molecule has 1 aromatic carbocycles. The molecule has 1 aromatic rings. The number of nitrogens with two attached hydrogens (primary N) is 1. The Morgan fingerprint density at radius 2 is 1.88 bits per heavy atom. The molecule has 2 amide bonds. The van der Waals surface area contributed by atoms with Crippen LogP contribution in [0, 0.1) is 0 Å². The van der Waals surface area contributed by atoms with Gasteiger partial charge in [0.2, 0.25) is 5.91 Å². The summed E-state index contributed by atoms with van der Waals surface area (Å²) in [6, 6.07) is 7.69. The molecule has 1 fully saturated rings. The van der Waals surface area contributed by atoms with Gasteiger partial charge in [0.15, 0.2) is 6.61 Å². The predicted octanol–water partition coefficient (Wildman–Crippen LogP) is 1.65. The zero-order valence-electron chi connectivity index (χ0n) is 14.4. The fourth-order valence-corrected chi connectivity index (χ4v) is 2.25. The van der Waals surface area contributed by atoms with Crippen molar-refractivity contribution in [3.63, 3.8) is 0 Å². The first-order valence-corrected chi connectivity index (χ1v) is 8.51. The highest BCUT2D eigenvalue weighted by Crippen LogP contribution is 2.19. The molecule has 1 aliphatic carbocycles. The van der Waals surface area contributed by atoms with Crippen LogP contribution in [0.1, 0.15) is 51.1 Å². The number of nitrogens with one attached hydrogen (secondary N) is 2. The van der Waals surface area contributed by atoms with Crippen LogP contribution in [0.5, 0.6) is 5.75 Å². The van der Waals surface area contributed by atoms with E-state index in [-0.39, 0.29) is 30.5 Å². The van der Waals surface area contributed by atoms with Gasteiger partial charge in [-0.2, -0.15) is 0 Å². The molecule has 6 nitrogen and oxygen atoms in total. The van der Waals surface area contributed by atoms with Crippen molar-refractivity contribution < 1.29 is 14.3 Å². The van der Waals surface area contributed by atoms with E-state index in [0.717, 1.165) is 18.4 Å². The van der Waals surface area contributed by atoms with Gasteiger partial charge in [0, 0.05) is 18.5 Å². The number of ether oxygens (including phenoxy) is 1. The maximum absolute atomic E-state index is 11.8. The minimum Gasteiger partial charge on any atom is -0.484 e. The van der Waals surface area contributed by atoms with E-state index in [1.54, 1.807) is 0 Å². The Morgan fingerprint density at radius 1 is 1.21 bits per heavy atom. The second kappa shape index (κ2) is 8.68. The van der Waals surface area contributed by atoms with Crippen molar-refractivity contribution >= 4 is 11.8 Å². The summed E-state index contributed by atoms with van der Waals surface area (Å²) in [7, 11) is 0. The van der Waals surface area contributed by atoms with E-state index in [9.17, 15) is 9.59 Å². The quantitative estimate of drug-likeness (QED) is 0.640. The lowest BCUT2D eigenvalue weighted by molar-refractivity contribution is -0.123. The fraction of sp³-hybridized carbons (Fsp3) is 0.556. The number of carbonyl (C=O) groups excluding carboxylic acids is 2.